The van der Waals surface area contributed by atoms with Crippen molar-refractivity contribution >= 4 is 0 Å². The minimum atomic E-state index is 0.0800. The predicted octanol–water partition coefficient (Wildman–Crippen LogP) is 2.46. The zero-order valence-electron chi connectivity index (χ0n) is 9.51. The topological polar surface area (TPSA) is 19.9 Å². The van der Waals surface area contributed by atoms with Crippen LogP contribution in [0.3, 0.4) is 0 Å². The van der Waals surface area contributed by atoms with E-state index in [1.807, 2.05) is 0 Å². The van der Waals surface area contributed by atoms with Crippen LogP contribution in [-0.2, 0) is 5.11 Å². The Balaban J connectivity index is 3.39. The molecule has 0 aliphatic heterocycles. The van der Waals surface area contributed by atoms with Crippen LogP contribution in [0.25, 0.3) is 0 Å². The standard InChI is InChI=1S/C11H25NO/c1-4-5-6-7-9-12(2,3)10-8-11-13/h4-11H2,1-3H3/q+1. The number of unbranched alkanes of at least 4 members (excludes halogenated alkanes) is 3. The van der Waals surface area contributed by atoms with E-state index >= 15 is 0 Å². The Morgan fingerprint density at radius 3 is 2.08 bits per heavy atom. The first-order valence-electron chi connectivity index (χ1n) is 5.52. The van der Waals surface area contributed by atoms with Gasteiger partial charge >= 0.3 is 0 Å². The van der Waals surface area contributed by atoms with Crippen LogP contribution >= 0.6 is 0 Å². The molecule has 13 heavy (non-hydrogen) atoms. The van der Waals surface area contributed by atoms with Crippen molar-refractivity contribution in [3.05, 3.63) is 0 Å². The average molecular weight is 187 g/mol. The van der Waals surface area contributed by atoms with Crippen LogP contribution in [0.5, 0.6) is 0 Å². The molecule has 2 nitrogen and oxygen atoms in total. The quantitative estimate of drug-likeness (QED) is 0.411. The molecule has 0 fully saturated rings. The van der Waals surface area contributed by atoms with Crippen molar-refractivity contribution in [1.29, 1.82) is 0 Å². The molecule has 0 aromatic carbocycles. The van der Waals surface area contributed by atoms with E-state index in [0.717, 1.165) is 17.4 Å². The number of quaternary nitrogens is 1. The van der Waals surface area contributed by atoms with Gasteiger partial charge in [0.15, 0.2) is 0 Å². The lowest BCUT2D eigenvalue weighted by Gasteiger charge is -2.29. The molecular formula is C11H25NO+. The fraction of sp³-hybridized carbons (Fsp3) is 1.00. The molecule has 0 saturated carbocycles. The number of hydrogen-bond donors (Lipinski definition) is 0. The summed E-state index contributed by atoms with van der Waals surface area (Å²) in [7, 11) is 4.45. The van der Waals surface area contributed by atoms with Crippen molar-refractivity contribution in [3.63, 3.8) is 0 Å². The molecule has 0 rings (SSSR count). The fourth-order valence-electron chi connectivity index (χ4n) is 1.57. The summed E-state index contributed by atoms with van der Waals surface area (Å²) in [5.74, 6) is 0. The Labute approximate surface area is 83.2 Å². The Kier molecular flexibility index (Phi) is 7.29. The zero-order valence-corrected chi connectivity index (χ0v) is 9.51. The van der Waals surface area contributed by atoms with Crippen molar-refractivity contribution in [2.45, 2.75) is 39.0 Å². The second-order valence-electron chi connectivity index (χ2n) is 4.50. The van der Waals surface area contributed by atoms with Crippen LogP contribution in [0.1, 0.15) is 39.0 Å². The second kappa shape index (κ2) is 7.34. The van der Waals surface area contributed by atoms with Crippen molar-refractivity contribution in [2.24, 2.45) is 0 Å². The van der Waals surface area contributed by atoms with Gasteiger partial charge in [-0.15, -0.1) is 0 Å². The van der Waals surface area contributed by atoms with E-state index in [-0.39, 0.29) is 6.61 Å². The van der Waals surface area contributed by atoms with Gasteiger partial charge in [-0.25, -0.2) is 5.11 Å². The van der Waals surface area contributed by atoms with Gasteiger partial charge < -0.3 is 4.48 Å². The van der Waals surface area contributed by atoms with Crippen molar-refractivity contribution in [2.75, 3.05) is 33.8 Å². The van der Waals surface area contributed by atoms with E-state index < -0.39 is 0 Å². The Hall–Kier alpha value is -0.0800. The van der Waals surface area contributed by atoms with Gasteiger partial charge in [-0.3, -0.25) is 0 Å². The van der Waals surface area contributed by atoms with Crippen LogP contribution in [-0.4, -0.2) is 38.3 Å². The third-order valence-corrected chi connectivity index (χ3v) is 2.52. The molecule has 79 valence electrons. The SMILES string of the molecule is CCCCCC[N+](C)(C)CCC[O]. The maximum absolute atomic E-state index is 10.3. The lowest BCUT2D eigenvalue weighted by Crippen LogP contribution is -2.41. The first-order chi connectivity index (χ1) is 6.12. The number of rotatable bonds is 8. The summed E-state index contributed by atoms with van der Waals surface area (Å²) in [6.45, 7) is 4.57. The fourth-order valence-corrected chi connectivity index (χ4v) is 1.57. The van der Waals surface area contributed by atoms with Crippen LogP contribution in [0.15, 0.2) is 0 Å². The minimum Gasteiger partial charge on any atom is -0.328 e. The molecule has 0 aliphatic rings. The lowest BCUT2D eigenvalue weighted by molar-refractivity contribution is -0.890. The van der Waals surface area contributed by atoms with Crippen LogP contribution < -0.4 is 0 Å². The molecule has 0 aromatic heterocycles. The summed E-state index contributed by atoms with van der Waals surface area (Å²) in [6.07, 6.45) is 6.12. The van der Waals surface area contributed by atoms with Gasteiger partial charge in [0.1, 0.15) is 0 Å². The van der Waals surface area contributed by atoms with Gasteiger partial charge in [0.25, 0.3) is 0 Å². The highest BCUT2D eigenvalue weighted by Crippen LogP contribution is 2.05. The lowest BCUT2D eigenvalue weighted by atomic mass is 10.2. The maximum Gasteiger partial charge on any atom is 0.0875 e. The number of hydrogen-bond acceptors (Lipinski definition) is 0. The molecule has 0 heterocycles. The summed E-state index contributed by atoms with van der Waals surface area (Å²) in [6, 6.07) is 0. The summed E-state index contributed by atoms with van der Waals surface area (Å²) >= 11 is 0. The van der Waals surface area contributed by atoms with E-state index in [4.69, 9.17) is 0 Å². The van der Waals surface area contributed by atoms with Gasteiger partial charge in [-0.05, 0) is 12.8 Å². The maximum atomic E-state index is 10.3. The van der Waals surface area contributed by atoms with Crippen LogP contribution in [0.2, 0.25) is 0 Å². The third kappa shape index (κ3) is 8.26. The summed E-state index contributed by atoms with van der Waals surface area (Å²) in [5, 5.41) is 10.3. The normalized spacial score (nSPS) is 12.0. The van der Waals surface area contributed by atoms with Crippen molar-refractivity contribution < 1.29 is 9.59 Å². The van der Waals surface area contributed by atoms with Crippen LogP contribution in [0, 0.1) is 0 Å². The number of nitrogens with zero attached hydrogens (tertiary/aromatic N) is 1. The Morgan fingerprint density at radius 1 is 0.923 bits per heavy atom. The molecule has 0 spiro atoms. The molecule has 2 heteroatoms. The van der Waals surface area contributed by atoms with E-state index in [1.54, 1.807) is 0 Å². The molecule has 0 aromatic rings. The summed E-state index contributed by atoms with van der Waals surface area (Å²) in [5.41, 5.74) is 0. The van der Waals surface area contributed by atoms with Crippen LogP contribution in [0.4, 0.5) is 0 Å². The van der Waals surface area contributed by atoms with Gasteiger partial charge in [-0.1, -0.05) is 19.8 Å². The van der Waals surface area contributed by atoms with Crippen molar-refractivity contribution in [1.82, 2.24) is 0 Å². The molecule has 0 N–H and O–H groups in total. The molecule has 0 saturated heterocycles. The average Bonchev–Trinajstić information content (AvgIpc) is 2.09. The highest BCUT2D eigenvalue weighted by atomic mass is 16.3. The monoisotopic (exact) mass is 187 g/mol. The van der Waals surface area contributed by atoms with Crippen molar-refractivity contribution in [3.8, 4) is 0 Å². The smallest absolute Gasteiger partial charge is 0.0875 e. The predicted molar refractivity (Wildman–Crippen MR) is 56.2 cm³/mol. The molecule has 0 bridgehead atoms. The molecular weight excluding hydrogens is 162 g/mol. The Morgan fingerprint density at radius 2 is 1.54 bits per heavy atom. The minimum absolute atomic E-state index is 0.0800. The molecule has 0 aliphatic carbocycles. The van der Waals surface area contributed by atoms with E-state index in [9.17, 15) is 5.11 Å². The molecule has 0 unspecified atom stereocenters. The second-order valence-corrected chi connectivity index (χ2v) is 4.50. The van der Waals surface area contributed by atoms with Gasteiger partial charge in [-0.2, -0.15) is 0 Å². The Bertz CT molecular complexity index is 113. The highest BCUT2D eigenvalue weighted by Gasteiger charge is 2.12. The van der Waals surface area contributed by atoms with E-state index in [2.05, 4.69) is 21.0 Å². The van der Waals surface area contributed by atoms with Gasteiger partial charge in [0.05, 0.1) is 33.8 Å². The zero-order chi connectivity index (χ0) is 10.2. The van der Waals surface area contributed by atoms with E-state index in [1.165, 1.54) is 32.2 Å². The van der Waals surface area contributed by atoms with Gasteiger partial charge in [0, 0.05) is 6.42 Å². The van der Waals surface area contributed by atoms with E-state index in [0.29, 0.717) is 0 Å². The summed E-state index contributed by atoms with van der Waals surface area (Å²) < 4.78 is 1.02. The summed E-state index contributed by atoms with van der Waals surface area (Å²) in [4.78, 5) is 0. The first kappa shape index (κ1) is 12.9. The molecule has 1 radical (unpaired) electrons. The third-order valence-electron chi connectivity index (χ3n) is 2.52. The highest BCUT2D eigenvalue weighted by molar-refractivity contribution is 4.41. The van der Waals surface area contributed by atoms with Gasteiger partial charge in [0.2, 0.25) is 0 Å². The molecule has 0 amide bonds. The largest absolute Gasteiger partial charge is 0.328 e. The first-order valence-corrected chi connectivity index (χ1v) is 5.52. The molecule has 0 atom stereocenters.